The summed E-state index contributed by atoms with van der Waals surface area (Å²) in [5, 5.41) is 0. The maximum atomic E-state index is 4.55. The number of para-hydroxylation sites is 1. The van der Waals surface area contributed by atoms with Crippen LogP contribution in [0.4, 0.5) is 5.69 Å². The third-order valence-corrected chi connectivity index (χ3v) is 3.35. The van der Waals surface area contributed by atoms with Gasteiger partial charge in [0.2, 0.25) is 0 Å². The van der Waals surface area contributed by atoms with Crippen LogP contribution in [-0.4, -0.2) is 6.21 Å². The average molecular weight is 201 g/mol. The van der Waals surface area contributed by atoms with Crippen LogP contribution in [0.2, 0.25) is 0 Å². The number of aliphatic imine (C=N–C) groups is 1. The van der Waals surface area contributed by atoms with Crippen molar-refractivity contribution in [2.75, 3.05) is 0 Å². The normalized spacial score (nSPS) is 31.2. The maximum Gasteiger partial charge on any atom is 0.0625 e. The highest BCUT2D eigenvalue weighted by molar-refractivity contribution is 5.66. The van der Waals surface area contributed by atoms with E-state index in [0.717, 1.165) is 17.5 Å². The minimum Gasteiger partial charge on any atom is -0.261 e. The SMILES string of the molecule is CC1CC(C)C(C=Nc2ccccc2)C1. The van der Waals surface area contributed by atoms with E-state index in [4.69, 9.17) is 0 Å². The highest BCUT2D eigenvalue weighted by atomic mass is 14.7. The van der Waals surface area contributed by atoms with Crippen molar-refractivity contribution in [3.05, 3.63) is 30.3 Å². The van der Waals surface area contributed by atoms with E-state index in [2.05, 4.69) is 37.2 Å². The molecule has 0 N–H and O–H groups in total. The minimum atomic E-state index is 0.681. The fourth-order valence-electron chi connectivity index (χ4n) is 2.51. The molecule has 1 aliphatic rings. The summed E-state index contributed by atoms with van der Waals surface area (Å²) in [6, 6.07) is 10.2. The van der Waals surface area contributed by atoms with Gasteiger partial charge in [-0.05, 0) is 42.7 Å². The Hall–Kier alpha value is -1.11. The molecule has 0 amide bonds. The first-order valence-corrected chi connectivity index (χ1v) is 5.85. The second-order valence-electron chi connectivity index (χ2n) is 4.83. The van der Waals surface area contributed by atoms with Crippen molar-refractivity contribution in [2.45, 2.75) is 26.7 Å². The van der Waals surface area contributed by atoms with Gasteiger partial charge in [0.25, 0.3) is 0 Å². The standard InChI is InChI=1S/C14H19N/c1-11-8-12(2)13(9-11)10-15-14-6-4-3-5-7-14/h3-7,10-13H,8-9H2,1-2H3. The molecule has 0 aromatic heterocycles. The molecule has 1 heteroatoms. The predicted molar refractivity (Wildman–Crippen MR) is 65.6 cm³/mol. The number of hydrogen-bond donors (Lipinski definition) is 0. The minimum absolute atomic E-state index is 0.681. The highest BCUT2D eigenvalue weighted by Crippen LogP contribution is 2.34. The van der Waals surface area contributed by atoms with Crippen LogP contribution in [0.1, 0.15) is 26.7 Å². The molecule has 15 heavy (non-hydrogen) atoms. The molecule has 0 bridgehead atoms. The Kier molecular flexibility index (Phi) is 3.20. The van der Waals surface area contributed by atoms with Crippen LogP contribution in [0.5, 0.6) is 0 Å². The lowest BCUT2D eigenvalue weighted by Gasteiger charge is -2.07. The third-order valence-electron chi connectivity index (χ3n) is 3.35. The Morgan fingerprint density at radius 3 is 2.47 bits per heavy atom. The summed E-state index contributed by atoms with van der Waals surface area (Å²) in [6.07, 6.45) is 4.81. The zero-order chi connectivity index (χ0) is 10.7. The van der Waals surface area contributed by atoms with E-state index in [9.17, 15) is 0 Å². The lowest BCUT2D eigenvalue weighted by molar-refractivity contribution is 0.529. The van der Waals surface area contributed by atoms with Gasteiger partial charge < -0.3 is 0 Å². The molecule has 3 atom stereocenters. The van der Waals surface area contributed by atoms with Crippen LogP contribution in [0, 0.1) is 17.8 Å². The van der Waals surface area contributed by atoms with Crippen LogP contribution in [0.25, 0.3) is 0 Å². The van der Waals surface area contributed by atoms with Crippen molar-refractivity contribution in [3.8, 4) is 0 Å². The summed E-state index contributed by atoms with van der Waals surface area (Å²) in [5.74, 6) is 2.35. The van der Waals surface area contributed by atoms with Crippen LogP contribution in [0.3, 0.4) is 0 Å². The predicted octanol–water partition coefficient (Wildman–Crippen LogP) is 4.07. The molecule has 1 fully saturated rings. The van der Waals surface area contributed by atoms with Crippen LogP contribution in [-0.2, 0) is 0 Å². The molecule has 1 aromatic rings. The fraction of sp³-hybridized carbons (Fsp3) is 0.500. The molecule has 2 rings (SSSR count). The van der Waals surface area contributed by atoms with Gasteiger partial charge in [-0.25, -0.2) is 0 Å². The Bertz CT molecular complexity index is 328. The molecule has 1 saturated carbocycles. The molecule has 0 heterocycles. The van der Waals surface area contributed by atoms with Crippen molar-refractivity contribution in [3.63, 3.8) is 0 Å². The summed E-state index contributed by atoms with van der Waals surface area (Å²) in [7, 11) is 0. The highest BCUT2D eigenvalue weighted by Gasteiger charge is 2.26. The smallest absolute Gasteiger partial charge is 0.0625 e. The summed E-state index contributed by atoms with van der Waals surface area (Å²) in [4.78, 5) is 4.55. The summed E-state index contributed by atoms with van der Waals surface area (Å²) >= 11 is 0. The zero-order valence-corrected chi connectivity index (χ0v) is 9.56. The Morgan fingerprint density at radius 1 is 1.13 bits per heavy atom. The largest absolute Gasteiger partial charge is 0.261 e. The van der Waals surface area contributed by atoms with E-state index in [1.165, 1.54) is 12.8 Å². The Balaban J connectivity index is 2.00. The van der Waals surface area contributed by atoms with Gasteiger partial charge in [0.1, 0.15) is 0 Å². The van der Waals surface area contributed by atoms with Gasteiger partial charge in [-0.15, -0.1) is 0 Å². The quantitative estimate of drug-likeness (QED) is 0.639. The topological polar surface area (TPSA) is 12.4 Å². The number of rotatable bonds is 2. The molecule has 0 saturated heterocycles. The van der Waals surface area contributed by atoms with Crippen LogP contribution >= 0.6 is 0 Å². The van der Waals surface area contributed by atoms with Crippen molar-refractivity contribution >= 4 is 11.9 Å². The van der Waals surface area contributed by atoms with E-state index >= 15 is 0 Å². The van der Waals surface area contributed by atoms with Crippen molar-refractivity contribution in [2.24, 2.45) is 22.7 Å². The van der Waals surface area contributed by atoms with Crippen molar-refractivity contribution < 1.29 is 0 Å². The molecular weight excluding hydrogens is 182 g/mol. The molecule has 0 aliphatic heterocycles. The van der Waals surface area contributed by atoms with Crippen LogP contribution in [0.15, 0.2) is 35.3 Å². The molecule has 1 aromatic carbocycles. The summed E-state index contributed by atoms with van der Waals surface area (Å²) in [6.45, 7) is 4.68. The Morgan fingerprint density at radius 2 is 1.87 bits per heavy atom. The zero-order valence-electron chi connectivity index (χ0n) is 9.56. The molecule has 0 spiro atoms. The molecule has 80 valence electrons. The summed E-state index contributed by atoms with van der Waals surface area (Å²) in [5.41, 5.74) is 1.07. The van der Waals surface area contributed by atoms with Gasteiger partial charge in [-0.1, -0.05) is 32.0 Å². The van der Waals surface area contributed by atoms with Crippen molar-refractivity contribution in [1.82, 2.24) is 0 Å². The number of benzene rings is 1. The van der Waals surface area contributed by atoms with Gasteiger partial charge in [0, 0.05) is 6.21 Å². The maximum absolute atomic E-state index is 4.55. The third kappa shape index (κ3) is 2.68. The van der Waals surface area contributed by atoms with Gasteiger partial charge in [-0.2, -0.15) is 0 Å². The first-order valence-electron chi connectivity index (χ1n) is 5.85. The van der Waals surface area contributed by atoms with E-state index in [1.54, 1.807) is 0 Å². The molecule has 1 aliphatic carbocycles. The fourth-order valence-corrected chi connectivity index (χ4v) is 2.51. The molecule has 1 nitrogen and oxygen atoms in total. The van der Waals surface area contributed by atoms with Crippen molar-refractivity contribution in [1.29, 1.82) is 0 Å². The van der Waals surface area contributed by atoms with E-state index in [-0.39, 0.29) is 0 Å². The van der Waals surface area contributed by atoms with E-state index in [0.29, 0.717) is 5.92 Å². The molecule has 3 unspecified atom stereocenters. The first kappa shape index (κ1) is 10.4. The second kappa shape index (κ2) is 4.61. The Labute approximate surface area is 92.2 Å². The van der Waals surface area contributed by atoms with E-state index < -0.39 is 0 Å². The van der Waals surface area contributed by atoms with Gasteiger partial charge in [-0.3, -0.25) is 4.99 Å². The van der Waals surface area contributed by atoms with Crippen LogP contribution < -0.4 is 0 Å². The lowest BCUT2D eigenvalue weighted by Crippen LogP contribution is -2.04. The van der Waals surface area contributed by atoms with Gasteiger partial charge in [0.05, 0.1) is 5.69 Å². The summed E-state index contributed by atoms with van der Waals surface area (Å²) < 4.78 is 0. The van der Waals surface area contributed by atoms with Gasteiger partial charge >= 0.3 is 0 Å². The first-order chi connectivity index (χ1) is 7.25. The second-order valence-corrected chi connectivity index (χ2v) is 4.83. The number of nitrogens with zero attached hydrogens (tertiary/aromatic N) is 1. The lowest BCUT2D eigenvalue weighted by atomic mass is 10.00. The molecular formula is C14H19N. The average Bonchev–Trinajstić information content (AvgIpc) is 2.56. The molecule has 0 radical (unpaired) electrons. The van der Waals surface area contributed by atoms with Gasteiger partial charge in [0.15, 0.2) is 0 Å². The number of hydrogen-bond acceptors (Lipinski definition) is 1. The van der Waals surface area contributed by atoms with E-state index in [1.807, 2.05) is 18.2 Å². The monoisotopic (exact) mass is 201 g/mol.